The Kier molecular flexibility index (Phi) is 5.06. The van der Waals surface area contributed by atoms with Gasteiger partial charge in [0.15, 0.2) is 0 Å². The maximum absolute atomic E-state index is 10.8. The molecule has 8 nitrogen and oxygen atoms in total. The minimum atomic E-state index is -0.812. The van der Waals surface area contributed by atoms with Crippen molar-refractivity contribution in [3.05, 3.63) is 16.4 Å². The Labute approximate surface area is 117 Å². The maximum atomic E-state index is 10.8. The van der Waals surface area contributed by atoms with E-state index in [0.29, 0.717) is 25.2 Å². The number of nitro groups is 1. The van der Waals surface area contributed by atoms with Gasteiger partial charge in [0.2, 0.25) is 12.1 Å². The number of anilines is 1. The van der Waals surface area contributed by atoms with Crippen molar-refractivity contribution >= 4 is 17.6 Å². The highest BCUT2D eigenvalue weighted by atomic mass is 16.6. The Balaban J connectivity index is 2.54. The van der Waals surface area contributed by atoms with Gasteiger partial charge in [0.25, 0.3) is 0 Å². The lowest BCUT2D eigenvalue weighted by Crippen LogP contribution is -2.19. The Bertz CT molecular complexity index is 496. The Morgan fingerprint density at radius 2 is 2.20 bits per heavy atom. The van der Waals surface area contributed by atoms with Crippen molar-refractivity contribution < 1.29 is 14.8 Å². The Morgan fingerprint density at radius 3 is 2.75 bits per heavy atom. The lowest BCUT2D eigenvalue weighted by atomic mass is 9.84. The minimum absolute atomic E-state index is 0.124. The molecule has 1 heterocycles. The molecule has 0 aromatic carbocycles. The fourth-order valence-corrected chi connectivity index (χ4v) is 1.84. The number of carboxylic acid groups (broad SMARTS) is 1. The van der Waals surface area contributed by atoms with Crippen LogP contribution in [0.25, 0.3) is 0 Å². The molecule has 0 aliphatic heterocycles. The van der Waals surface area contributed by atoms with Crippen molar-refractivity contribution in [2.45, 2.75) is 33.1 Å². The van der Waals surface area contributed by atoms with E-state index in [1.54, 1.807) is 11.6 Å². The number of hydrogen-bond donors (Lipinski definition) is 2. The van der Waals surface area contributed by atoms with Crippen LogP contribution in [0.2, 0.25) is 0 Å². The topological polar surface area (TPSA) is 110 Å². The first kappa shape index (κ1) is 15.9. The van der Waals surface area contributed by atoms with Gasteiger partial charge in [-0.3, -0.25) is 9.36 Å². The molecule has 0 spiro atoms. The Morgan fingerprint density at radius 1 is 1.55 bits per heavy atom. The molecular formula is C12H20N4O4. The van der Waals surface area contributed by atoms with Crippen LogP contribution in [0.5, 0.6) is 0 Å². The van der Waals surface area contributed by atoms with Gasteiger partial charge in [-0.05, 0) is 28.2 Å². The van der Waals surface area contributed by atoms with Gasteiger partial charge >= 0.3 is 11.8 Å². The lowest BCUT2D eigenvalue weighted by molar-refractivity contribution is -0.388. The van der Waals surface area contributed by atoms with Gasteiger partial charge in [-0.25, -0.2) is 0 Å². The van der Waals surface area contributed by atoms with Crippen molar-refractivity contribution in [3.63, 3.8) is 0 Å². The molecule has 112 valence electrons. The highest BCUT2D eigenvalue weighted by Crippen LogP contribution is 2.27. The van der Waals surface area contributed by atoms with Crippen molar-refractivity contribution in [2.24, 2.45) is 12.5 Å². The van der Waals surface area contributed by atoms with Crippen LogP contribution in [-0.4, -0.2) is 32.1 Å². The summed E-state index contributed by atoms with van der Waals surface area (Å²) in [7, 11) is 1.68. The first-order valence-electron chi connectivity index (χ1n) is 6.34. The fraction of sp³-hybridized carbons (Fsp3) is 0.667. The van der Waals surface area contributed by atoms with Crippen molar-refractivity contribution in [1.29, 1.82) is 0 Å². The number of nitrogens with zero attached hydrogens (tertiary/aromatic N) is 3. The van der Waals surface area contributed by atoms with E-state index < -0.39 is 10.9 Å². The number of hydrogen-bond acceptors (Lipinski definition) is 5. The monoisotopic (exact) mass is 284 g/mol. The van der Waals surface area contributed by atoms with Crippen LogP contribution in [0.3, 0.4) is 0 Å². The summed E-state index contributed by atoms with van der Waals surface area (Å²) in [4.78, 5) is 24.5. The number of nitrogens with one attached hydrogen (secondary N) is 1. The van der Waals surface area contributed by atoms with Gasteiger partial charge in [0, 0.05) is 20.0 Å². The van der Waals surface area contributed by atoms with Gasteiger partial charge in [-0.1, -0.05) is 13.8 Å². The number of rotatable bonds is 8. The molecule has 2 N–H and O–H groups in total. The molecule has 20 heavy (non-hydrogen) atoms. The van der Waals surface area contributed by atoms with E-state index in [0.717, 1.165) is 0 Å². The molecule has 0 saturated heterocycles. The van der Waals surface area contributed by atoms with Crippen LogP contribution in [0, 0.1) is 15.5 Å². The quantitative estimate of drug-likeness (QED) is 0.558. The zero-order valence-electron chi connectivity index (χ0n) is 11.9. The van der Waals surface area contributed by atoms with Crippen LogP contribution in [0.15, 0.2) is 6.33 Å². The third-order valence-electron chi connectivity index (χ3n) is 3.20. The summed E-state index contributed by atoms with van der Waals surface area (Å²) in [5.41, 5.74) is -0.140. The third-order valence-corrected chi connectivity index (χ3v) is 3.20. The maximum Gasteiger partial charge on any atom is 0.406 e. The average Bonchev–Trinajstić information content (AvgIpc) is 2.69. The largest absolute Gasteiger partial charge is 0.481 e. The normalized spacial score (nSPS) is 11.3. The molecule has 0 radical (unpaired) electrons. The Hall–Kier alpha value is -2.12. The molecule has 1 rings (SSSR count). The predicted molar refractivity (Wildman–Crippen MR) is 73.6 cm³/mol. The van der Waals surface area contributed by atoms with Crippen LogP contribution in [0.1, 0.15) is 33.1 Å². The molecule has 0 aliphatic carbocycles. The van der Waals surface area contributed by atoms with E-state index in [2.05, 4.69) is 10.3 Å². The summed E-state index contributed by atoms with van der Waals surface area (Å²) < 4.78 is 1.56. The van der Waals surface area contributed by atoms with Gasteiger partial charge in [0.1, 0.15) is 0 Å². The summed E-state index contributed by atoms with van der Waals surface area (Å²) in [5, 5.41) is 22.5. The highest BCUT2D eigenvalue weighted by molar-refractivity contribution is 5.66. The van der Waals surface area contributed by atoms with Crippen LogP contribution in [0.4, 0.5) is 11.6 Å². The van der Waals surface area contributed by atoms with Gasteiger partial charge in [-0.2, -0.15) is 0 Å². The molecule has 0 amide bonds. The summed E-state index contributed by atoms with van der Waals surface area (Å²) in [6, 6.07) is 0. The van der Waals surface area contributed by atoms with E-state index in [1.165, 1.54) is 6.33 Å². The molecule has 0 saturated carbocycles. The zero-order valence-corrected chi connectivity index (χ0v) is 11.9. The molecule has 1 aromatic rings. The molecule has 8 heteroatoms. The second-order valence-corrected chi connectivity index (χ2v) is 5.52. The van der Waals surface area contributed by atoms with Crippen molar-refractivity contribution in [1.82, 2.24) is 9.55 Å². The number of imidazole rings is 1. The smallest absolute Gasteiger partial charge is 0.406 e. The lowest BCUT2D eigenvalue weighted by Gasteiger charge is -2.23. The van der Waals surface area contributed by atoms with Crippen LogP contribution >= 0.6 is 0 Å². The van der Waals surface area contributed by atoms with E-state index in [9.17, 15) is 14.9 Å². The number of carbonyl (C=O) groups is 1. The van der Waals surface area contributed by atoms with Crippen molar-refractivity contribution in [2.75, 3.05) is 11.9 Å². The molecule has 0 atom stereocenters. The minimum Gasteiger partial charge on any atom is -0.481 e. The van der Waals surface area contributed by atoms with Gasteiger partial charge in [0.05, 0.1) is 0 Å². The second kappa shape index (κ2) is 6.36. The zero-order chi connectivity index (χ0) is 15.3. The highest BCUT2D eigenvalue weighted by Gasteiger charge is 2.22. The van der Waals surface area contributed by atoms with Crippen LogP contribution < -0.4 is 5.32 Å². The van der Waals surface area contributed by atoms with E-state index in [4.69, 9.17) is 5.11 Å². The first-order valence-corrected chi connectivity index (χ1v) is 6.34. The molecule has 1 aromatic heterocycles. The number of aromatic nitrogens is 2. The summed E-state index contributed by atoms with van der Waals surface area (Å²) in [6.45, 7) is 4.48. The fourth-order valence-electron chi connectivity index (χ4n) is 1.84. The molecule has 0 unspecified atom stereocenters. The third kappa shape index (κ3) is 4.52. The SMILES string of the molecule is Cn1cnc([N+](=O)[O-])c1NCCC(C)(C)CCC(=O)O. The molecule has 0 aliphatic rings. The van der Waals surface area contributed by atoms with E-state index >= 15 is 0 Å². The standard InChI is InChI=1S/C12H20N4O4/c1-12(2,5-4-9(17)18)6-7-13-10-11(16(19)20)14-8-15(10)3/h8,13H,4-7H2,1-3H3,(H,17,18). The first-order chi connectivity index (χ1) is 9.23. The second-order valence-electron chi connectivity index (χ2n) is 5.52. The van der Waals surface area contributed by atoms with Gasteiger partial charge < -0.3 is 20.5 Å². The number of aliphatic carboxylic acids is 1. The van der Waals surface area contributed by atoms with Crippen LogP contribution in [-0.2, 0) is 11.8 Å². The molecular weight excluding hydrogens is 264 g/mol. The molecule has 0 fully saturated rings. The van der Waals surface area contributed by atoms with E-state index in [1.807, 2.05) is 13.8 Å². The van der Waals surface area contributed by atoms with Crippen molar-refractivity contribution in [3.8, 4) is 0 Å². The van der Waals surface area contributed by atoms with E-state index in [-0.39, 0.29) is 17.7 Å². The summed E-state index contributed by atoms with van der Waals surface area (Å²) in [6.07, 6.45) is 2.79. The average molecular weight is 284 g/mol. The summed E-state index contributed by atoms with van der Waals surface area (Å²) >= 11 is 0. The van der Waals surface area contributed by atoms with Gasteiger partial charge in [-0.15, -0.1) is 0 Å². The predicted octanol–water partition coefficient (Wildman–Crippen LogP) is 2.02. The molecule has 0 bridgehead atoms. The number of aryl methyl sites for hydroxylation is 1. The summed E-state index contributed by atoms with van der Waals surface area (Å²) in [5.74, 6) is -0.645. The number of carboxylic acids is 1.